The largest absolute Gasteiger partial charge is 0.393 e. The number of hydrogen-bond donors (Lipinski definition) is 3. The van der Waals surface area contributed by atoms with E-state index in [0.717, 1.165) is 31.6 Å². The van der Waals surface area contributed by atoms with Crippen molar-refractivity contribution in [3.63, 3.8) is 0 Å². The second-order valence-electron chi connectivity index (χ2n) is 5.85. The summed E-state index contributed by atoms with van der Waals surface area (Å²) in [4.78, 5) is 14.3. The van der Waals surface area contributed by atoms with Gasteiger partial charge in [-0.1, -0.05) is 6.07 Å². The third-order valence-electron chi connectivity index (χ3n) is 4.10. The van der Waals surface area contributed by atoms with Crippen molar-refractivity contribution in [2.45, 2.75) is 18.9 Å². The predicted octanol–water partition coefficient (Wildman–Crippen LogP) is 2.54. The van der Waals surface area contributed by atoms with Crippen molar-refractivity contribution >= 4 is 17.3 Å². The highest BCUT2D eigenvalue weighted by Crippen LogP contribution is 2.20. The minimum absolute atomic E-state index is 0.208. The number of aliphatic hydroxyl groups excluding tert-OH is 1. The first-order valence-electron chi connectivity index (χ1n) is 7.97. The highest BCUT2D eigenvalue weighted by atomic mass is 19.1. The lowest BCUT2D eigenvalue weighted by Gasteiger charge is -2.31. The summed E-state index contributed by atoms with van der Waals surface area (Å²) in [6.45, 7) is 1.63. The van der Waals surface area contributed by atoms with Crippen molar-refractivity contribution in [3.8, 4) is 0 Å². The quantitative estimate of drug-likeness (QED) is 0.754. The third-order valence-corrected chi connectivity index (χ3v) is 4.10. The lowest BCUT2D eigenvalue weighted by molar-refractivity contribution is 0.0962. The van der Waals surface area contributed by atoms with Crippen LogP contribution in [0.25, 0.3) is 0 Å². The Morgan fingerprint density at radius 3 is 2.50 bits per heavy atom. The van der Waals surface area contributed by atoms with Crippen LogP contribution in [0.15, 0.2) is 48.5 Å². The summed E-state index contributed by atoms with van der Waals surface area (Å²) in [7, 11) is 0. The van der Waals surface area contributed by atoms with Gasteiger partial charge in [0.25, 0.3) is 5.91 Å². The second kappa shape index (κ2) is 7.31. The first kappa shape index (κ1) is 16.3. The van der Waals surface area contributed by atoms with Gasteiger partial charge in [0.15, 0.2) is 0 Å². The molecule has 0 saturated carbocycles. The van der Waals surface area contributed by atoms with Crippen molar-refractivity contribution in [1.82, 2.24) is 5.43 Å². The molecule has 0 spiro atoms. The zero-order valence-electron chi connectivity index (χ0n) is 13.2. The smallest absolute Gasteiger partial charge is 0.269 e. The van der Waals surface area contributed by atoms with Crippen LogP contribution in [0.3, 0.4) is 0 Å². The zero-order chi connectivity index (χ0) is 16.9. The summed E-state index contributed by atoms with van der Waals surface area (Å²) in [6, 6.07) is 13.2. The summed E-state index contributed by atoms with van der Waals surface area (Å²) in [5.41, 5.74) is 7.26. The van der Waals surface area contributed by atoms with Crippen molar-refractivity contribution in [2.24, 2.45) is 0 Å². The van der Waals surface area contributed by atoms with Gasteiger partial charge in [0, 0.05) is 24.3 Å². The van der Waals surface area contributed by atoms with Crippen LogP contribution in [0.5, 0.6) is 0 Å². The average molecular weight is 329 g/mol. The number of rotatable bonds is 4. The molecule has 1 heterocycles. The minimum atomic E-state index is -0.370. The fourth-order valence-corrected chi connectivity index (χ4v) is 2.72. The highest BCUT2D eigenvalue weighted by molar-refractivity contribution is 5.95. The van der Waals surface area contributed by atoms with Crippen molar-refractivity contribution < 1.29 is 14.3 Å². The molecule has 0 bridgehead atoms. The van der Waals surface area contributed by atoms with Crippen LogP contribution >= 0.6 is 0 Å². The number of nitrogens with one attached hydrogen (secondary N) is 2. The van der Waals surface area contributed by atoms with Gasteiger partial charge in [-0.25, -0.2) is 4.39 Å². The van der Waals surface area contributed by atoms with E-state index in [1.54, 1.807) is 24.3 Å². The van der Waals surface area contributed by atoms with Crippen molar-refractivity contribution in [2.75, 3.05) is 23.4 Å². The van der Waals surface area contributed by atoms with Gasteiger partial charge in [-0.15, -0.1) is 0 Å². The predicted molar refractivity (Wildman–Crippen MR) is 91.4 cm³/mol. The Bertz CT molecular complexity index is 698. The van der Waals surface area contributed by atoms with Gasteiger partial charge in [0.05, 0.1) is 11.8 Å². The van der Waals surface area contributed by atoms with Crippen LogP contribution in [0.4, 0.5) is 15.8 Å². The number of anilines is 2. The van der Waals surface area contributed by atoms with Crippen LogP contribution in [0.1, 0.15) is 23.2 Å². The maximum atomic E-state index is 13.1. The van der Waals surface area contributed by atoms with Crippen molar-refractivity contribution in [1.29, 1.82) is 0 Å². The Labute approximate surface area is 140 Å². The monoisotopic (exact) mass is 329 g/mol. The number of hydrogen-bond acceptors (Lipinski definition) is 4. The average Bonchev–Trinajstić information content (AvgIpc) is 2.61. The molecule has 24 heavy (non-hydrogen) atoms. The van der Waals surface area contributed by atoms with Gasteiger partial charge in [0.2, 0.25) is 0 Å². The number of halogens is 1. The first-order chi connectivity index (χ1) is 11.6. The Hall–Kier alpha value is -2.60. The molecule has 3 rings (SSSR count). The van der Waals surface area contributed by atoms with E-state index in [1.807, 2.05) is 12.1 Å². The lowest BCUT2D eigenvalue weighted by Crippen LogP contribution is -2.35. The molecule has 1 amide bonds. The van der Waals surface area contributed by atoms with Gasteiger partial charge >= 0.3 is 0 Å². The maximum absolute atomic E-state index is 13.1. The number of hydrazine groups is 1. The molecule has 0 atom stereocenters. The second-order valence-corrected chi connectivity index (χ2v) is 5.85. The summed E-state index contributed by atoms with van der Waals surface area (Å²) in [6.07, 6.45) is 1.32. The van der Waals surface area contributed by atoms with Gasteiger partial charge in [0.1, 0.15) is 5.82 Å². The molecule has 1 aliphatic heterocycles. The van der Waals surface area contributed by atoms with Gasteiger partial charge < -0.3 is 10.0 Å². The molecule has 1 fully saturated rings. The highest BCUT2D eigenvalue weighted by Gasteiger charge is 2.17. The summed E-state index contributed by atoms with van der Waals surface area (Å²) >= 11 is 0. The van der Waals surface area contributed by atoms with E-state index in [4.69, 9.17) is 0 Å². The van der Waals surface area contributed by atoms with Crippen LogP contribution in [0.2, 0.25) is 0 Å². The van der Waals surface area contributed by atoms with Gasteiger partial charge in [-0.2, -0.15) is 0 Å². The summed E-state index contributed by atoms with van der Waals surface area (Å²) in [5.74, 6) is -0.662. The Morgan fingerprint density at radius 1 is 1.12 bits per heavy atom. The van der Waals surface area contributed by atoms with Crippen LogP contribution in [-0.2, 0) is 0 Å². The van der Waals surface area contributed by atoms with E-state index in [-0.39, 0.29) is 17.8 Å². The van der Waals surface area contributed by atoms with Crippen LogP contribution in [0, 0.1) is 5.82 Å². The SMILES string of the molecule is O=C(NNc1cccc(F)c1)c1ccc(N2CCC(O)CC2)cc1. The fourth-order valence-electron chi connectivity index (χ4n) is 2.72. The lowest BCUT2D eigenvalue weighted by atomic mass is 10.1. The van der Waals surface area contributed by atoms with Crippen molar-refractivity contribution in [3.05, 3.63) is 59.9 Å². The Balaban J connectivity index is 1.57. The number of carbonyl (C=O) groups excluding carboxylic acids is 1. The molecule has 126 valence electrons. The zero-order valence-corrected chi connectivity index (χ0v) is 13.2. The topological polar surface area (TPSA) is 64.6 Å². The molecule has 0 aromatic heterocycles. The van der Waals surface area contributed by atoms with Crippen LogP contribution in [-0.4, -0.2) is 30.2 Å². The van der Waals surface area contributed by atoms with Gasteiger partial charge in [-0.3, -0.25) is 15.6 Å². The van der Waals surface area contributed by atoms with E-state index < -0.39 is 0 Å². The minimum Gasteiger partial charge on any atom is -0.393 e. The summed E-state index contributed by atoms with van der Waals surface area (Å²) in [5, 5.41) is 9.55. The van der Waals surface area contributed by atoms with Crippen LogP contribution < -0.4 is 15.8 Å². The molecule has 3 N–H and O–H groups in total. The molecule has 1 aliphatic rings. The molecular formula is C18H20FN3O2. The standard InChI is InChI=1S/C18H20FN3O2/c19-14-2-1-3-15(12-14)20-21-18(24)13-4-6-16(7-5-13)22-10-8-17(23)9-11-22/h1-7,12,17,20,23H,8-11H2,(H,21,24). The number of nitrogens with zero attached hydrogens (tertiary/aromatic N) is 1. The molecule has 5 nitrogen and oxygen atoms in total. The molecule has 6 heteroatoms. The van der Waals surface area contributed by atoms with Gasteiger partial charge in [-0.05, 0) is 55.3 Å². The van der Waals surface area contributed by atoms with E-state index in [2.05, 4.69) is 15.8 Å². The molecule has 2 aromatic carbocycles. The van der Waals surface area contributed by atoms with E-state index in [0.29, 0.717) is 11.3 Å². The third kappa shape index (κ3) is 4.02. The molecule has 1 saturated heterocycles. The number of amides is 1. The van der Waals surface area contributed by atoms with E-state index in [9.17, 15) is 14.3 Å². The van der Waals surface area contributed by atoms with E-state index in [1.165, 1.54) is 12.1 Å². The number of piperidine rings is 1. The summed E-state index contributed by atoms with van der Waals surface area (Å²) < 4.78 is 13.1. The number of carbonyl (C=O) groups is 1. The molecule has 0 aliphatic carbocycles. The molecule has 0 radical (unpaired) electrons. The molecule has 0 unspecified atom stereocenters. The first-order valence-corrected chi connectivity index (χ1v) is 7.97. The molecular weight excluding hydrogens is 309 g/mol. The normalized spacial score (nSPS) is 15.2. The number of benzene rings is 2. The number of aliphatic hydroxyl groups is 1. The van der Waals surface area contributed by atoms with E-state index >= 15 is 0 Å². The fraction of sp³-hybridized carbons (Fsp3) is 0.278. The Kier molecular flexibility index (Phi) is 4.96. The maximum Gasteiger partial charge on any atom is 0.269 e. The Morgan fingerprint density at radius 2 is 1.83 bits per heavy atom. The molecule has 2 aromatic rings.